The predicted octanol–water partition coefficient (Wildman–Crippen LogP) is 5.93. The molecule has 0 saturated carbocycles. The van der Waals surface area contributed by atoms with Crippen LogP contribution in [0.3, 0.4) is 0 Å². The van der Waals surface area contributed by atoms with Crippen molar-refractivity contribution in [2.75, 3.05) is 32.1 Å². The van der Waals surface area contributed by atoms with E-state index in [-0.39, 0.29) is 96.6 Å². The van der Waals surface area contributed by atoms with Gasteiger partial charge in [0.25, 0.3) is 0 Å². The summed E-state index contributed by atoms with van der Waals surface area (Å²) in [6, 6.07) is 10.2. The first-order valence-corrected chi connectivity index (χ1v) is 31.6. The first kappa shape index (κ1) is 57.6. The minimum atomic E-state index is -1.01. The van der Waals surface area contributed by atoms with E-state index in [1.165, 1.54) is 64.9 Å². The summed E-state index contributed by atoms with van der Waals surface area (Å²) in [6.07, 6.45) is 1.90. The number of carbonyl (C=O) groups is 9. The molecule has 0 radical (unpaired) electrons. The van der Waals surface area contributed by atoms with Gasteiger partial charge in [0.15, 0.2) is 0 Å². The van der Waals surface area contributed by atoms with Crippen molar-refractivity contribution in [2.24, 2.45) is 23.7 Å². The molecule has 5 saturated heterocycles. The van der Waals surface area contributed by atoms with E-state index in [4.69, 9.17) is 25.8 Å². The van der Waals surface area contributed by atoms with E-state index in [0.29, 0.717) is 46.4 Å². The Morgan fingerprint density at radius 3 is 1.86 bits per heavy atom. The van der Waals surface area contributed by atoms with Crippen molar-refractivity contribution in [1.82, 2.24) is 37.2 Å². The Hall–Kier alpha value is -4.05. The molecule has 27 heteroatoms. The van der Waals surface area contributed by atoms with Crippen molar-refractivity contribution < 1.29 is 61.8 Å². The molecule has 0 bridgehead atoms. The number of carbonyl (C=O) groups excluding carboxylic acids is 9. The molecule has 416 valence electrons. The molecule has 0 aliphatic carbocycles. The molecule has 13 unspecified atom stereocenters. The van der Waals surface area contributed by atoms with Crippen LogP contribution in [0.5, 0.6) is 0 Å². The summed E-state index contributed by atoms with van der Waals surface area (Å²) in [6.45, 7) is 2.26. The second-order valence-electron chi connectivity index (χ2n) is 19.5. The highest BCUT2D eigenvalue weighted by atomic mass is 35.5. The maximum Gasteiger partial charge on any atom is 0.413 e. The van der Waals surface area contributed by atoms with E-state index in [0.717, 1.165) is 29.8 Å². The van der Waals surface area contributed by atoms with Gasteiger partial charge in [-0.15, -0.1) is 70.6 Å². The van der Waals surface area contributed by atoms with Crippen LogP contribution in [0.2, 0.25) is 5.02 Å². The first-order chi connectivity index (χ1) is 37.1. The molecule has 13 atom stereocenters. The molecule has 7 aliphatic heterocycles. The van der Waals surface area contributed by atoms with Crippen LogP contribution in [-0.2, 0) is 55.8 Å². The lowest BCUT2D eigenvalue weighted by molar-refractivity contribution is -0.127. The highest BCUT2D eigenvalue weighted by molar-refractivity contribution is 8.02. The van der Waals surface area contributed by atoms with Crippen LogP contribution in [0.4, 0.5) is 18.8 Å². The highest BCUT2D eigenvalue weighted by Gasteiger charge is 2.46. The fourth-order valence-electron chi connectivity index (χ4n) is 10.5. The van der Waals surface area contributed by atoms with Crippen molar-refractivity contribution in [3.05, 3.63) is 58.4 Å². The van der Waals surface area contributed by atoms with Crippen molar-refractivity contribution in [1.29, 1.82) is 0 Å². The van der Waals surface area contributed by atoms with Crippen LogP contribution in [0.25, 0.3) is 0 Å². The van der Waals surface area contributed by atoms with E-state index >= 15 is 0 Å². The number of imide groups is 3. The van der Waals surface area contributed by atoms with Gasteiger partial charge in [0.05, 0.1) is 74.8 Å². The lowest BCUT2D eigenvalue weighted by Crippen LogP contribution is -2.46. The Morgan fingerprint density at radius 1 is 0.649 bits per heavy atom. The topological polar surface area (TPSA) is 266 Å². The monoisotopic (exact) mass is 1200 g/mol. The van der Waals surface area contributed by atoms with Gasteiger partial charge in [-0.2, -0.15) is 0 Å². The number of fused-ring (bicyclic) bond motifs is 3. The molecule has 2 aromatic carbocycles. The van der Waals surface area contributed by atoms with Crippen molar-refractivity contribution in [2.45, 2.75) is 129 Å². The third kappa shape index (κ3) is 14.7. The average molecular weight is 1200 g/mol. The largest absolute Gasteiger partial charge is 0.450 e. The minimum absolute atomic E-state index is 0.0518. The van der Waals surface area contributed by atoms with E-state index < -0.39 is 80.4 Å². The zero-order valence-electron chi connectivity index (χ0n) is 41.7. The van der Waals surface area contributed by atoms with Crippen molar-refractivity contribution >= 4 is 136 Å². The maximum atomic E-state index is 14.3. The number of thioether (sulfide) groups is 6. The number of rotatable bonds is 16. The lowest BCUT2D eigenvalue weighted by atomic mass is 9.94. The maximum absolute atomic E-state index is 14.3. The molecule has 19 nitrogen and oxygen atoms in total. The zero-order chi connectivity index (χ0) is 54.3. The van der Waals surface area contributed by atoms with Crippen LogP contribution >= 0.6 is 82.2 Å². The Kier molecular flexibility index (Phi) is 19.8. The van der Waals surface area contributed by atoms with Gasteiger partial charge in [-0.25, -0.2) is 18.8 Å². The first-order valence-electron chi connectivity index (χ1n) is 25.6. The highest BCUT2D eigenvalue weighted by Crippen LogP contribution is 2.45. The third-order valence-electron chi connectivity index (χ3n) is 14.4. The number of alkyl carbamates (subject to hydrolysis) is 3. The molecule has 7 N–H and O–H groups in total. The normalized spacial score (nSPS) is 29.7. The van der Waals surface area contributed by atoms with Crippen LogP contribution in [0.15, 0.2) is 46.2 Å². The number of hydrogen-bond acceptors (Lipinski definition) is 19. The smallest absolute Gasteiger partial charge is 0.413 e. The molecule has 77 heavy (non-hydrogen) atoms. The number of benzene rings is 2. The van der Waals surface area contributed by atoms with Crippen LogP contribution < -0.4 is 37.2 Å². The molecular weight excluding hydrogens is 1140 g/mol. The van der Waals surface area contributed by atoms with Crippen LogP contribution in [-0.4, -0.2) is 134 Å². The average Bonchev–Trinajstić information content (AvgIpc) is 4.27. The Labute approximate surface area is 474 Å². The molecule has 7 heterocycles. The summed E-state index contributed by atoms with van der Waals surface area (Å²) in [5.74, 6) is -4.54. The molecule has 0 aromatic heterocycles. The predicted molar refractivity (Wildman–Crippen MR) is 294 cm³/mol. The van der Waals surface area contributed by atoms with Gasteiger partial charge >= 0.3 is 18.3 Å². The van der Waals surface area contributed by atoms with Crippen molar-refractivity contribution in [3.8, 4) is 0 Å². The van der Waals surface area contributed by atoms with E-state index in [9.17, 15) is 47.5 Å². The molecule has 2 aromatic rings. The van der Waals surface area contributed by atoms with Gasteiger partial charge in [-0.05, 0) is 119 Å². The number of piperidine rings is 1. The summed E-state index contributed by atoms with van der Waals surface area (Å²) in [5.41, 5.74) is 1.48. The standard InChI is InChI=1S/C50H59ClFN7O12S6/c1-2-69-48(66)58-39(61)30-20-26(73-46(30)55-41(63)35-17-23-8-9-25(51)19-34(23)76-35)11-15-71-50(68)59-40(62)31-21-27(74-47(31)56-42(64)36-18-24-5-4-13-53-44(24)77-36)10-14-70-49(67)57-38(60)28-12-16-72-45(28)54-43(65)37-22-29-32(52)6-3-7-33(29)75-37/h3,6-9,19,24,26-28,30-31,35-37,44-47,53H,2,4-5,10-18,20-22H2,1H3,(H,54,65)(H,55,63)(H,56,64)(H,57,60,67)(H,58,61,66)(H,59,62,68). The zero-order valence-corrected chi connectivity index (χ0v) is 47.3. The molecular formula is C50H59ClFN7O12S6. The van der Waals surface area contributed by atoms with Gasteiger partial charge in [0.2, 0.25) is 35.4 Å². The van der Waals surface area contributed by atoms with Crippen LogP contribution in [0, 0.1) is 29.5 Å². The number of amides is 9. The van der Waals surface area contributed by atoms with E-state index in [1.807, 2.05) is 6.07 Å². The molecule has 9 rings (SSSR count). The quantitative estimate of drug-likeness (QED) is 0.0961. The summed E-state index contributed by atoms with van der Waals surface area (Å²) < 4.78 is 30.2. The fraction of sp³-hybridized carbons (Fsp3) is 0.580. The SMILES string of the molecule is CCOC(=O)NC(=O)C1CC(CCOC(=O)NC(=O)C2CC(CCOC(=O)NC(=O)C3CCSC3NC(=O)C3Cc4c(F)cccc4S3)SC2NC(=O)C2CC3CCCNC3S2)SC1NC(=O)C1Cc2ccc(Cl)cc2S1. The fourth-order valence-corrected chi connectivity index (χ4v) is 19.2. The summed E-state index contributed by atoms with van der Waals surface area (Å²) in [4.78, 5) is 121. The number of ether oxygens (including phenoxy) is 3. The Morgan fingerprint density at radius 2 is 1.23 bits per heavy atom. The molecule has 0 spiro atoms. The van der Waals surface area contributed by atoms with Crippen molar-refractivity contribution in [3.63, 3.8) is 0 Å². The Bertz CT molecular complexity index is 2620. The van der Waals surface area contributed by atoms with Gasteiger partial charge in [0.1, 0.15) is 5.82 Å². The summed E-state index contributed by atoms with van der Waals surface area (Å²) in [5, 5.41) is 16.1. The van der Waals surface area contributed by atoms with E-state index in [1.54, 1.807) is 43.0 Å². The van der Waals surface area contributed by atoms with Gasteiger partial charge in [0, 0.05) is 30.9 Å². The molecule has 7 aliphatic rings. The summed E-state index contributed by atoms with van der Waals surface area (Å²) >= 11 is 14.4. The second-order valence-corrected chi connectivity index (χ2v) is 27.9. The summed E-state index contributed by atoms with van der Waals surface area (Å²) in [7, 11) is 0. The molecule has 5 fully saturated rings. The van der Waals surface area contributed by atoms with Gasteiger partial charge in [-0.3, -0.25) is 44.7 Å². The number of hydrogen-bond donors (Lipinski definition) is 7. The van der Waals surface area contributed by atoms with Crippen LogP contribution in [0.1, 0.15) is 69.4 Å². The Balaban J connectivity index is 0.750. The van der Waals surface area contributed by atoms with Gasteiger partial charge in [-0.1, -0.05) is 23.7 Å². The minimum Gasteiger partial charge on any atom is -0.450 e. The lowest BCUT2D eigenvalue weighted by Gasteiger charge is -2.25. The second kappa shape index (κ2) is 26.5. The third-order valence-corrected chi connectivity index (χ3v) is 23.2. The van der Waals surface area contributed by atoms with Gasteiger partial charge < -0.3 is 35.5 Å². The molecule has 9 amide bonds. The van der Waals surface area contributed by atoms with E-state index in [2.05, 4.69) is 37.2 Å². The number of nitrogens with one attached hydrogen (secondary N) is 7. The number of halogens is 2.